The van der Waals surface area contributed by atoms with Gasteiger partial charge >= 0.3 is 6.03 Å². The summed E-state index contributed by atoms with van der Waals surface area (Å²) in [6.07, 6.45) is 3.63. The van der Waals surface area contributed by atoms with E-state index in [0.717, 1.165) is 24.5 Å². The van der Waals surface area contributed by atoms with Crippen LogP contribution >= 0.6 is 11.6 Å². The van der Waals surface area contributed by atoms with E-state index >= 15 is 0 Å². The molecule has 0 unspecified atom stereocenters. The number of nitrogens with one attached hydrogen (secondary N) is 1. The summed E-state index contributed by atoms with van der Waals surface area (Å²) in [7, 11) is 0. The molecule has 3 amide bonds. The van der Waals surface area contributed by atoms with E-state index in [0.29, 0.717) is 48.2 Å². The minimum absolute atomic E-state index is 0.0468. The summed E-state index contributed by atoms with van der Waals surface area (Å²) in [5.74, 6) is 1.31. The van der Waals surface area contributed by atoms with Gasteiger partial charge in [-0.15, -0.1) is 0 Å². The third-order valence-electron chi connectivity index (χ3n) is 6.02. The van der Waals surface area contributed by atoms with Crippen LogP contribution in [0.25, 0.3) is 0 Å². The van der Waals surface area contributed by atoms with Crippen molar-refractivity contribution in [2.75, 3.05) is 49.5 Å². The fourth-order valence-electron chi connectivity index (χ4n) is 4.30. The monoisotopic (exact) mass is 444 g/mol. The summed E-state index contributed by atoms with van der Waals surface area (Å²) >= 11 is 6.50. The van der Waals surface area contributed by atoms with Crippen molar-refractivity contribution < 1.29 is 14.0 Å². The zero-order valence-corrected chi connectivity index (χ0v) is 18.9. The number of hydrogen-bond donors (Lipinski definition) is 1. The third kappa shape index (κ3) is 4.82. The van der Waals surface area contributed by atoms with Gasteiger partial charge in [0.1, 0.15) is 11.5 Å². The number of carbonyl (C=O) groups excluding carboxylic acids is 2. The van der Waals surface area contributed by atoms with Gasteiger partial charge in [-0.2, -0.15) is 0 Å². The molecule has 0 bridgehead atoms. The molecule has 1 aromatic heterocycles. The summed E-state index contributed by atoms with van der Waals surface area (Å²) in [6.45, 7) is 7.61. The van der Waals surface area contributed by atoms with Gasteiger partial charge in [-0.1, -0.05) is 11.6 Å². The highest BCUT2D eigenvalue weighted by atomic mass is 35.5. The molecule has 31 heavy (non-hydrogen) atoms. The Balaban J connectivity index is 1.32. The van der Waals surface area contributed by atoms with Gasteiger partial charge in [-0.25, -0.2) is 4.79 Å². The maximum absolute atomic E-state index is 12.7. The molecule has 2 fully saturated rings. The molecule has 2 aliphatic heterocycles. The molecule has 4 rings (SSSR count). The van der Waals surface area contributed by atoms with E-state index in [4.69, 9.17) is 16.0 Å². The Bertz CT molecular complexity index is 960. The number of rotatable bonds is 3. The Morgan fingerprint density at radius 2 is 1.61 bits per heavy atom. The summed E-state index contributed by atoms with van der Waals surface area (Å²) in [5.41, 5.74) is 2.30. The smallest absolute Gasteiger partial charge is 0.321 e. The van der Waals surface area contributed by atoms with Crippen molar-refractivity contribution >= 4 is 34.9 Å². The highest BCUT2D eigenvalue weighted by molar-refractivity contribution is 6.33. The molecule has 0 saturated carbocycles. The fourth-order valence-corrected chi connectivity index (χ4v) is 4.60. The lowest BCUT2D eigenvalue weighted by Gasteiger charge is -2.34. The summed E-state index contributed by atoms with van der Waals surface area (Å²) < 4.78 is 5.47. The number of halogens is 1. The highest BCUT2D eigenvalue weighted by Crippen LogP contribution is 2.31. The molecule has 8 heteroatoms. The van der Waals surface area contributed by atoms with E-state index in [9.17, 15) is 9.59 Å². The van der Waals surface area contributed by atoms with Gasteiger partial charge in [0, 0.05) is 45.0 Å². The molecule has 7 nitrogen and oxygen atoms in total. The summed E-state index contributed by atoms with van der Waals surface area (Å²) in [5, 5.41) is 3.59. The van der Waals surface area contributed by atoms with Crippen molar-refractivity contribution in [2.24, 2.45) is 0 Å². The van der Waals surface area contributed by atoms with Crippen molar-refractivity contribution in [3.8, 4) is 0 Å². The number of benzene rings is 1. The standard InChI is InChI=1S/C23H29ClN4O3/c1-16-14-19(17(2)31-16)22(29)27-10-12-28(13-11-27)23(30)25-18-6-7-21(20(24)15-18)26-8-4-3-5-9-26/h6-7,14-15H,3-5,8-13H2,1-2H3,(H,25,30). The van der Waals surface area contributed by atoms with Gasteiger partial charge < -0.3 is 24.4 Å². The van der Waals surface area contributed by atoms with Gasteiger partial charge in [0.2, 0.25) is 0 Å². The number of carbonyl (C=O) groups is 2. The number of amides is 3. The Hall–Kier alpha value is -2.67. The van der Waals surface area contributed by atoms with Crippen LogP contribution < -0.4 is 10.2 Å². The first-order valence-electron chi connectivity index (χ1n) is 10.9. The van der Waals surface area contributed by atoms with E-state index in [1.54, 1.807) is 22.8 Å². The predicted molar refractivity (Wildman–Crippen MR) is 122 cm³/mol. The Morgan fingerprint density at radius 3 is 2.23 bits per heavy atom. The van der Waals surface area contributed by atoms with E-state index in [1.165, 1.54) is 19.3 Å². The molecule has 0 atom stereocenters. The Morgan fingerprint density at radius 1 is 0.935 bits per heavy atom. The number of piperazine rings is 1. The van der Waals surface area contributed by atoms with Crippen LogP contribution in [0.4, 0.5) is 16.2 Å². The van der Waals surface area contributed by atoms with Gasteiger partial charge in [0.25, 0.3) is 5.91 Å². The molecule has 0 aliphatic carbocycles. The fraction of sp³-hybridized carbons (Fsp3) is 0.478. The maximum Gasteiger partial charge on any atom is 0.321 e. The molecule has 0 spiro atoms. The topological polar surface area (TPSA) is 69.0 Å². The van der Waals surface area contributed by atoms with E-state index in [2.05, 4.69) is 10.2 Å². The third-order valence-corrected chi connectivity index (χ3v) is 6.32. The number of piperidine rings is 1. The van der Waals surface area contributed by atoms with Crippen LogP contribution in [0.2, 0.25) is 5.02 Å². The molecular formula is C23H29ClN4O3. The SMILES string of the molecule is Cc1cc(C(=O)N2CCN(C(=O)Nc3ccc(N4CCCCC4)c(Cl)c3)CC2)c(C)o1. The zero-order valence-electron chi connectivity index (χ0n) is 18.1. The number of aryl methyl sites for hydroxylation is 2. The lowest BCUT2D eigenvalue weighted by molar-refractivity contribution is 0.0670. The first-order valence-corrected chi connectivity index (χ1v) is 11.3. The second-order valence-electron chi connectivity index (χ2n) is 8.25. The van der Waals surface area contributed by atoms with Gasteiger partial charge in [-0.3, -0.25) is 4.79 Å². The molecular weight excluding hydrogens is 416 g/mol. The van der Waals surface area contributed by atoms with Gasteiger partial charge in [-0.05, 0) is 57.4 Å². The van der Waals surface area contributed by atoms with Crippen LogP contribution in [0.1, 0.15) is 41.1 Å². The minimum atomic E-state index is -0.177. The number of hydrogen-bond acceptors (Lipinski definition) is 4. The van der Waals surface area contributed by atoms with Crippen LogP contribution in [0.3, 0.4) is 0 Å². The Labute approximate surface area is 187 Å². The van der Waals surface area contributed by atoms with E-state index < -0.39 is 0 Å². The van der Waals surface area contributed by atoms with Crippen molar-refractivity contribution in [1.82, 2.24) is 9.80 Å². The van der Waals surface area contributed by atoms with Crippen molar-refractivity contribution in [3.05, 3.63) is 46.4 Å². The van der Waals surface area contributed by atoms with Crippen LogP contribution in [-0.4, -0.2) is 61.0 Å². The second kappa shape index (κ2) is 9.22. The highest BCUT2D eigenvalue weighted by Gasteiger charge is 2.27. The number of furan rings is 1. The lowest BCUT2D eigenvalue weighted by Crippen LogP contribution is -2.51. The van der Waals surface area contributed by atoms with Crippen molar-refractivity contribution in [1.29, 1.82) is 0 Å². The number of nitrogens with zero attached hydrogens (tertiary/aromatic N) is 3. The van der Waals surface area contributed by atoms with Gasteiger partial charge in [0.05, 0.1) is 16.3 Å². The average molecular weight is 445 g/mol. The first kappa shape index (κ1) is 21.6. The average Bonchev–Trinajstić information content (AvgIpc) is 3.12. The predicted octanol–water partition coefficient (Wildman–Crippen LogP) is 4.53. The molecule has 166 valence electrons. The summed E-state index contributed by atoms with van der Waals surface area (Å²) in [6, 6.07) is 7.29. The molecule has 2 saturated heterocycles. The largest absolute Gasteiger partial charge is 0.466 e. The second-order valence-corrected chi connectivity index (χ2v) is 8.66. The molecule has 0 radical (unpaired) electrons. The molecule has 3 heterocycles. The van der Waals surface area contributed by atoms with Crippen LogP contribution in [-0.2, 0) is 0 Å². The van der Waals surface area contributed by atoms with E-state index in [-0.39, 0.29) is 11.9 Å². The maximum atomic E-state index is 12.7. The van der Waals surface area contributed by atoms with Crippen LogP contribution in [0.5, 0.6) is 0 Å². The van der Waals surface area contributed by atoms with Crippen LogP contribution in [0.15, 0.2) is 28.7 Å². The molecule has 2 aromatic rings. The molecule has 1 aromatic carbocycles. The molecule has 2 aliphatic rings. The van der Waals surface area contributed by atoms with Crippen LogP contribution in [0, 0.1) is 13.8 Å². The quantitative estimate of drug-likeness (QED) is 0.755. The molecule has 1 N–H and O–H groups in total. The normalized spacial score (nSPS) is 17.1. The van der Waals surface area contributed by atoms with Gasteiger partial charge in [0.15, 0.2) is 0 Å². The zero-order chi connectivity index (χ0) is 22.0. The van der Waals surface area contributed by atoms with E-state index in [1.807, 2.05) is 25.1 Å². The number of anilines is 2. The lowest BCUT2D eigenvalue weighted by atomic mass is 10.1. The summed E-state index contributed by atoms with van der Waals surface area (Å²) in [4.78, 5) is 31.2. The van der Waals surface area contributed by atoms with Crippen molar-refractivity contribution in [2.45, 2.75) is 33.1 Å². The van der Waals surface area contributed by atoms with Crippen molar-refractivity contribution in [3.63, 3.8) is 0 Å². The number of urea groups is 1. The Kier molecular flexibility index (Phi) is 6.41. The minimum Gasteiger partial charge on any atom is -0.466 e. The first-order chi connectivity index (χ1) is 14.9.